The molecule has 0 aliphatic rings. The normalized spacial score (nSPS) is 12.1. The van der Waals surface area contributed by atoms with E-state index in [4.69, 9.17) is 28.2 Å². The number of amides is 1. The van der Waals surface area contributed by atoms with Crippen LogP contribution in [0.2, 0.25) is 5.02 Å². The van der Waals surface area contributed by atoms with Crippen molar-refractivity contribution >= 4 is 28.9 Å². The number of benzene rings is 1. The first kappa shape index (κ1) is 11.6. The molecular weight excluding hydrogens is 218 g/mol. The van der Waals surface area contributed by atoms with Gasteiger partial charge >= 0.3 is 0 Å². The van der Waals surface area contributed by atoms with Crippen LogP contribution in [0.5, 0.6) is 0 Å². The molecule has 0 aliphatic heterocycles. The Morgan fingerprint density at radius 1 is 1.60 bits per heavy atom. The number of nitrogen functional groups attached to an aromatic ring is 1. The number of halogens is 1. The topological polar surface area (TPSA) is 101 Å². The highest BCUT2D eigenvalue weighted by atomic mass is 35.5. The summed E-state index contributed by atoms with van der Waals surface area (Å²) in [6.07, 6.45) is -1.25. The molecule has 0 bridgehead atoms. The number of nitrogens with two attached hydrogens (primary N) is 2. The number of carbonyl (C=O) groups is 1. The van der Waals surface area contributed by atoms with Crippen LogP contribution in [0.15, 0.2) is 18.2 Å². The van der Waals surface area contributed by atoms with Gasteiger partial charge in [-0.3, -0.25) is 4.79 Å². The summed E-state index contributed by atoms with van der Waals surface area (Å²) in [7, 11) is 0. The van der Waals surface area contributed by atoms with Crippen LogP contribution in [-0.4, -0.2) is 23.7 Å². The van der Waals surface area contributed by atoms with Crippen molar-refractivity contribution in [3.05, 3.63) is 23.2 Å². The van der Waals surface area contributed by atoms with Crippen molar-refractivity contribution in [1.29, 1.82) is 0 Å². The molecular formula is C9H12ClN3O2. The zero-order valence-corrected chi connectivity index (χ0v) is 8.66. The standard InChI is InChI=1S/C9H12ClN3O2/c10-5-2-1-3-6(8(5)11)13-4-7(14)9(12)15/h1-3,7,13-14H,4,11H2,(H2,12,15). The van der Waals surface area contributed by atoms with Gasteiger partial charge in [0.05, 0.1) is 16.4 Å². The fraction of sp³-hybridized carbons (Fsp3) is 0.222. The van der Waals surface area contributed by atoms with Crippen molar-refractivity contribution in [3.63, 3.8) is 0 Å². The highest BCUT2D eigenvalue weighted by Gasteiger charge is 2.11. The Morgan fingerprint density at radius 2 is 2.27 bits per heavy atom. The summed E-state index contributed by atoms with van der Waals surface area (Å²) >= 11 is 5.77. The lowest BCUT2D eigenvalue weighted by Crippen LogP contribution is -2.34. The van der Waals surface area contributed by atoms with E-state index in [2.05, 4.69) is 5.32 Å². The van der Waals surface area contributed by atoms with Crippen LogP contribution in [0.3, 0.4) is 0 Å². The zero-order valence-electron chi connectivity index (χ0n) is 7.90. The van der Waals surface area contributed by atoms with Crippen molar-refractivity contribution in [2.45, 2.75) is 6.10 Å². The number of aliphatic hydroxyl groups is 1. The molecule has 0 radical (unpaired) electrons. The quantitative estimate of drug-likeness (QED) is 0.553. The Labute approximate surface area is 92.0 Å². The summed E-state index contributed by atoms with van der Waals surface area (Å²) in [5, 5.41) is 12.3. The second kappa shape index (κ2) is 4.86. The van der Waals surface area contributed by atoms with Crippen LogP contribution < -0.4 is 16.8 Å². The van der Waals surface area contributed by atoms with Crippen molar-refractivity contribution in [2.75, 3.05) is 17.6 Å². The van der Waals surface area contributed by atoms with E-state index in [1.54, 1.807) is 18.2 Å². The molecule has 15 heavy (non-hydrogen) atoms. The summed E-state index contributed by atoms with van der Waals surface area (Å²) in [5.41, 5.74) is 11.5. The minimum Gasteiger partial charge on any atom is -0.396 e. The second-order valence-corrected chi connectivity index (χ2v) is 3.41. The van der Waals surface area contributed by atoms with E-state index >= 15 is 0 Å². The van der Waals surface area contributed by atoms with Crippen LogP contribution in [-0.2, 0) is 4.79 Å². The lowest BCUT2D eigenvalue weighted by atomic mass is 10.2. The van der Waals surface area contributed by atoms with E-state index in [-0.39, 0.29) is 6.54 Å². The van der Waals surface area contributed by atoms with Crippen molar-refractivity contribution < 1.29 is 9.90 Å². The minimum atomic E-state index is -1.25. The molecule has 82 valence electrons. The van der Waals surface area contributed by atoms with Gasteiger partial charge in [-0.15, -0.1) is 0 Å². The molecule has 0 spiro atoms. The predicted molar refractivity (Wildman–Crippen MR) is 59.6 cm³/mol. The molecule has 1 aromatic rings. The highest BCUT2D eigenvalue weighted by Crippen LogP contribution is 2.26. The molecule has 1 atom stereocenters. The van der Waals surface area contributed by atoms with Gasteiger partial charge in [0.15, 0.2) is 0 Å². The average Bonchev–Trinajstić information content (AvgIpc) is 2.19. The summed E-state index contributed by atoms with van der Waals surface area (Å²) in [4.78, 5) is 10.5. The molecule has 1 rings (SSSR count). The number of anilines is 2. The van der Waals surface area contributed by atoms with E-state index in [9.17, 15) is 4.79 Å². The van der Waals surface area contributed by atoms with E-state index in [1.807, 2.05) is 0 Å². The molecule has 0 saturated carbocycles. The van der Waals surface area contributed by atoms with Gasteiger partial charge in [0, 0.05) is 6.54 Å². The monoisotopic (exact) mass is 229 g/mol. The van der Waals surface area contributed by atoms with Gasteiger partial charge in [-0.2, -0.15) is 0 Å². The molecule has 0 fully saturated rings. The smallest absolute Gasteiger partial charge is 0.248 e. The molecule has 0 saturated heterocycles. The fourth-order valence-electron chi connectivity index (χ4n) is 0.998. The number of hydrogen-bond donors (Lipinski definition) is 4. The van der Waals surface area contributed by atoms with Crippen LogP contribution in [0.1, 0.15) is 0 Å². The van der Waals surface area contributed by atoms with Crippen LogP contribution in [0.4, 0.5) is 11.4 Å². The molecule has 5 nitrogen and oxygen atoms in total. The maximum atomic E-state index is 10.5. The molecule has 6 N–H and O–H groups in total. The third-order valence-corrected chi connectivity index (χ3v) is 2.20. The molecule has 0 heterocycles. The van der Waals surface area contributed by atoms with E-state index in [1.165, 1.54) is 0 Å². The van der Waals surface area contributed by atoms with Crippen LogP contribution in [0.25, 0.3) is 0 Å². The molecule has 1 unspecified atom stereocenters. The molecule has 6 heteroatoms. The summed E-state index contributed by atoms with van der Waals surface area (Å²) in [6.45, 7) is -0.000123. The van der Waals surface area contributed by atoms with Gasteiger partial charge in [-0.1, -0.05) is 17.7 Å². The third kappa shape index (κ3) is 3.00. The number of para-hydroxylation sites is 1. The molecule has 1 aromatic carbocycles. The number of rotatable bonds is 4. The van der Waals surface area contributed by atoms with Gasteiger partial charge in [-0.05, 0) is 12.1 Å². The lowest BCUT2D eigenvalue weighted by molar-refractivity contribution is -0.125. The van der Waals surface area contributed by atoms with Crippen molar-refractivity contribution in [3.8, 4) is 0 Å². The van der Waals surface area contributed by atoms with E-state index < -0.39 is 12.0 Å². The molecule has 0 aromatic heterocycles. The largest absolute Gasteiger partial charge is 0.396 e. The fourth-order valence-corrected chi connectivity index (χ4v) is 1.17. The third-order valence-electron chi connectivity index (χ3n) is 1.87. The number of hydrogen-bond acceptors (Lipinski definition) is 4. The number of nitrogens with one attached hydrogen (secondary N) is 1. The Kier molecular flexibility index (Phi) is 3.76. The lowest BCUT2D eigenvalue weighted by Gasteiger charge is -2.12. The Hall–Kier alpha value is -1.46. The first-order valence-electron chi connectivity index (χ1n) is 4.27. The predicted octanol–water partition coefficient (Wildman–Crippen LogP) is 0.180. The molecule has 0 aliphatic carbocycles. The summed E-state index contributed by atoms with van der Waals surface area (Å²) in [6, 6.07) is 5.04. The zero-order chi connectivity index (χ0) is 11.4. The van der Waals surface area contributed by atoms with E-state index in [0.717, 1.165) is 0 Å². The van der Waals surface area contributed by atoms with Gasteiger partial charge in [0.25, 0.3) is 0 Å². The Bertz CT molecular complexity index is 370. The van der Waals surface area contributed by atoms with Gasteiger partial charge in [0.1, 0.15) is 6.10 Å². The SMILES string of the molecule is NC(=O)C(O)CNc1cccc(Cl)c1N. The number of carbonyl (C=O) groups excluding carboxylic acids is 1. The highest BCUT2D eigenvalue weighted by molar-refractivity contribution is 6.33. The van der Waals surface area contributed by atoms with Gasteiger partial charge < -0.3 is 21.9 Å². The number of primary amides is 1. The first-order chi connectivity index (χ1) is 7.02. The Morgan fingerprint density at radius 3 is 2.87 bits per heavy atom. The second-order valence-electron chi connectivity index (χ2n) is 3.00. The van der Waals surface area contributed by atoms with Crippen molar-refractivity contribution in [1.82, 2.24) is 0 Å². The van der Waals surface area contributed by atoms with Gasteiger partial charge in [0.2, 0.25) is 5.91 Å². The minimum absolute atomic E-state index is 0.000123. The van der Waals surface area contributed by atoms with Crippen LogP contribution in [0, 0.1) is 0 Å². The maximum Gasteiger partial charge on any atom is 0.248 e. The summed E-state index contributed by atoms with van der Waals surface area (Å²) in [5.74, 6) is -0.789. The summed E-state index contributed by atoms with van der Waals surface area (Å²) < 4.78 is 0. The van der Waals surface area contributed by atoms with Gasteiger partial charge in [-0.25, -0.2) is 0 Å². The average molecular weight is 230 g/mol. The van der Waals surface area contributed by atoms with E-state index in [0.29, 0.717) is 16.4 Å². The maximum absolute atomic E-state index is 10.5. The van der Waals surface area contributed by atoms with Crippen LogP contribution >= 0.6 is 11.6 Å². The Balaban J connectivity index is 2.66. The van der Waals surface area contributed by atoms with Crippen molar-refractivity contribution in [2.24, 2.45) is 5.73 Å². The number of aliphatic hydroxyl groups excluding tert-OH is 1. The molecule has 1 amide bonds. The first-order valence-corrected chi connectivity index (χ1v) is 4.65.